The molecule has 1 rings (SSSR count). The molecule has 0 unspecified atom stereocenters. The Labute approximate surface area is 112 Å². The fourth-order valence-electron chi connectivity index (χ4n) is 1.25. The van der Waals surface area contributed by atoms with E-state index in [0.717, 1.165) is 5.56 Å². The Kier molecular flexibility index (Phi) is 5.90. The van der Waals surface area contributed by atoms with Gasteiger partial charge in [0.05, 0.1) is 0 Å². The number of nitrogens with one attached hydrogen (secondary N) is 1. The Morgan fingerprint density at radius 3 is 2.89 bits per heavy atom. The van der Waals surface area contributed by atoms with Crippen molar-refractivity contribution in [2.45, 2.75) is 12.1 Å². The quantitative estimate of drug-likeness (QED) is 0.243. The molecule has 0 aliphatic rings. The molecule has 4 N–H and O–H groups in total. The molecule has 0 aromatic carbocycles. The van der Waals surface area contributed by atoms with E-state index in [-0.39, 0.29) is 29.9 Å². The van der Waals surface area contributed by atoms with E-state index < -0.39 is 5.51 Å². The summed E-state index contributed by atoms with van der Waals surface area (Å²) in [4.78, 5) is 3.89. The molecular formula is C10H13F3N4OS. The number of hydrogen-bond donors (Lipinski definition) is 3. The molecule has 0 amide bonds. The molecular weight excluding hydrogens is 281 g/mol. The normalized spacial score (nSPS) is 12.7. The van der Waals surface area contributed by atoms with E-state index in [1.54, 1.807) is 12.1 Å². The molecule has 19 heavy (non-hydrogen) atoms. The van der Waals surface area contributed by atoms with Crippen molar-refractivity contribution < 1.29 is 18.4 Å². The smallest absolute Gasteiger partial charge is 0.409 e. The molecule has 0 saturated carbocycles. The summed E-state index contributed by atoms with van der Waals surface area (Å²) in [5, 5.41) is 14.2. The number of aromatic nitrogens is 1. The number of hydrogen-bond acceptors (Lipinski definition) is 5. The highest BCUT2D eigenvalue weighted by atomic mass is 32.2. The van der Waals surface area contributed by atoms with Crippen LogP contribution in [-0.2, 0) is 6.54 Å². The number of halogens is 3. The summed E-state index contributed by atoms with van der Waals surface area (Å²) < 4.78 is 35.6. The second-order valence-corrected chi connectivity index (χ2v) is 4.67. The Morgan fingerprint density at radius 2 is 2.26 bits per heavy atom. The van der Waals surface area contributed by atoms with Crippen LogP contribution in [0.25, 0.3) is 0 Å². The molecule has 1 heterocycles. The van der Waals surface area contributed by atoms with E-state index in [9.17, 15) is 13.2 Å². The van der Waals surface area contributed by atoms with Gasteiger partial charge in [-0.15, -0.1) is 0 Å². The Hall–Kier alpha value is -1.48. The van der Waals surface area contributed by atoms with E-state index in [1.165, 1.54) is 6.20 Å². The van der Waals surface area contributed by atoms with Crippen molar-refractivity contribution in [2.24, 2.45) is 10.9 Å². The van der Waals surface area contributed by atoms with Gasteiger partial charge in [0.1, 0.15) is 5.69 Å². The molecule has 1 aromatic rings. The molecule has 0 fully saturated rings. The molecule has 0 bridgehead atoms. The molecule has 0 aliphatic heterocycles. The monoisotopic (exact) mass is 294 g/mol. The van der Waals surface area contributed by atoms with E-state index in [0.29, 0.717) is 12.2 Å². The third kappa shape index (κ3) is 6.30. The first kappa shape index (κ1) is 15.6. The van der Waals surface area contributed by atoms with Crippen LogP contribution in [0.3, 0.4) is 0 Å². The molecule has 106 valence electrons. The summed E-state index contributed by atoms with van der Waals surface area (Å²) in [6.45, 7) is 0.609. The van der Waals surface area contributed by atoms with Crippen LogP contribution in [-0.4, -0.2) is 33.8 Å². The lowest BCUT2D eigenvalue weighted by Crippen LogP contribution is -2.19. The zero-order valence-corrected chi connectivity index (χ0v) is 10.6. The number of nitrogens with zero attached hydrogens (tertiary/aromatic N) is 2. The lowest BCUT2D eigenvalue weighted by atomic mass is 10.2. The summed E-state index contributed by atoms with van der Waals surface area (Å²) in [6.07, 6.45) is 1.48. The molecule has 0 saturated heterocycles. The van der Waals surface area contributed by atoms with Gasteiger partial charge in [0.15, 0.2) is 5.84 Å². The van der Waals surface area contributed by atoms with Crippen molar-refractivity contribution in [3.8, 4) is 0 Å². The van der Waals surface area contributed by atoms with Gasteiger partial charge in [-0.3, -0.25) is 4.98 Å². The minimum absolute atomic E-state index is 0.0539. The van der Waals surface area contributed by atoms with Gasteiger partial charge in [-0.05, 0) is 29.5 Å². The van der Waals surface area contributed by atoms with Crippen LogP contribution < -0.4 is 11.1 Å². The van der Waals surface area contributed by atoms with Gasteiger partial charge in [0.25, 0.3) is 0 Å². The molecule has 0 radical (unpaired) electrons. The standard InChI is InChI=1S/C10H13F3N4OS/c11-10(12,13)19-4-3-15-6-7-1-2-16-8(5-7)9(14)17-18/h1-2,5,15,18H,3-4,6H2,(H2,14,17). The van der Waals surface area contributed by atoms with Gasteiger partial charge in [0.2, 0.25) is 0 Å². The summed E-state index contributed by atoms with van der Waals surface area (Å²) in [5.74, 6) is -0.170. The number of thioether (sulfide) groups is 1. The van der Waals surface area contributed by atoms with Crippen LogP contribution in [0.4, 0.5) is 13.2 Å². The van der Waals surface area contributed by atoms with Crippen LogP contribution in [0, 0.1) is 0 Å². The van der Waals surface area contributed by atoms with Crippen molar-refractivity contribution in [3.05, 3.63) is 29.6 Å². The minimum atomic E-state index is -4.20. The fraction of sp³-hybridized carbons (Fsp3) is 0.400. The third-order valence-corrected chi connectivity index (χ3v) is 2.80. The molecule has 1 aromatic heterocycles. The lowest BCUT2D eigenvalue weighted by molar-refractivity contribution is -0.0327. The van der Waals surface area contributed by atoms with Crippen molar-refractivity contribution in [3.63, 3.8) is 0 Å². The van der Waals surface area contributed by atoms with Gasteiger partial charge in [-0.25, -0.2) is 0 Å². The summed E-state index contributed by atoms with van der Waals surface area (Å²) in [6, 6.07) is 3.29. The van der Waals surface area contributed by atoms with Crippen LogP contribution in [0.2, 0.25) is 0 Å². The third-order valence-electron chi connectivity index (χ3n) is 2.07. The van der Waals surface area contributed by atoms with Gasteiger partial charge >= 0.3 is 5.51 Å². The van der Waals surface area contributed by atoms with Crippen LogP contribution >= 0.6 is 11.8 Å². The summed E-state index contributed by atoms with van der Waals surface area (Å²) >= 11 is -0.0666. The summed E-state index contributed by atoms with van der Waals surface area (Å²) in [5.41, 5.74) is 2.28. The van der Waals surface area contributed by atoms with E-state index in [2.05, 4.69) is 15.5 Å². The topological polar surface area (TPSA) is 83.5 Å². The van der Waals surface area contributed by atoms with Gasteiger partial charge < -0.3 is 16.3 Å². The molecule has 0 atom stereocenters. The number of alkyl halides is 3. The Balaban J connectivity index is 2.38. The zero-order valence-electron chi connectivity index (χ0n) is 9.81. The molecule has 0 aliphatic carbocycles. The number of amidine groups is 1. The van der Waals surface area contributed by atoms with Crippen molar-refractivity contribution >= 4 is 17.6 Å². The maximum atomic E-state index is 11.9. The van der Waals surface area contributed by atoms with Crippen LogP contribution in [0.15, 0.2) is 23.5 Å². The second-order valence-electron chi connectivity index (χ2n) is 3.51. The number of pyridine rings is 1. The van der Waals surface area contributed by atoms with Crippen LogP contribution in [0.1, 0.15) is 11.3 Å². The fourth-order valence-corrected chi connectivity index (χ4v) is 1.73. The van der Waals surface area contributed by atoms with E-state index in [4.69, 9.17) is 10.9 Å². The molecule has 9 heteroatoms. The Bertz CT molecular complexity index is 439. The highest BCUT2D eigenvalue weighted by Crippen LogP contribution is 2.29. The van der Waals surface area contributed by atoms with E-state index >= 15 is 0 Å². The van der Waals surface area contributed by atoms with Crippen molar-refractivity contribution in [2.75, 3.05) is 12.3 Å². The zero-order chi connectivity index (χ0) is 14.3. The first-order chi connectivity index (χ1) is 8.92. The lowest BCUT2D eigenvalue weighted by Gasteiger charge is -2.07. The number of oxime groups is 1. The van der Waals surface area contributed by atoms with E-state index in [1.807, 2.05) is 0 Å². The number of nitrogens with two attached hydrogens (primary N) is 1. The first-order valence-corrected chi connectivity index (χ1v) is 6.25. The average molecular weight is 294 g/mol. The van der Waals surface area contributed by atoms with Gasteiger partial charge in [-0.2, -0.15) is 13.2 Å². The van der Waals surface area contributed by atoms with Crippen molar-refractivity contribution in [1.29, 1.82) is 0 Å². The first-order valence-electron chi connectivity index (χ1n) is 5.26. The highest BCUT2D eigenvalue weighted by molar-refractivity contribution is 8.00. The average Bonchev–Trinajstić information content (AvgIpc) is 2.36. The largest absolute Gasteiger partial charge is 0.441 e. The van der Waals surface area contributed by atoms with Gasteiger partial charge in [0, 0.05) is 25.0 Å². The minimum Gasteiger partial charge on any atom is -0.409 e. The van der Waals surface area contributed by atoms with Gasteiger partial charge in [-0.1, -0.05) is 5.16 Å². The SMILES string of the molecule is N/C(=N/O)c1cc(CNCCSC(F)(F)F)ccn1. The van der Waals surface area contributed by atoms with Crippen molar-refractivity contribution in [1.82, 2.24) is 10.3 Å². The molecule has 0 spiro atoms. The predicted octanol–water partition coefficient (Wildman–Crippen LogP) is 1.52. The van der Waals surface area contributed by atoms with Crippen LogP contribution in [0.5, 0.6) is 0 Å². The predicted molar refractivity (Wildman–Crippen MR) is 67.0 cm³/mol. The Morgan fingerprint density at radius 1 is 1.53 bits per heavy atom. The molecule has 5 nitrogen and oxygen atoms in total. The number of rotatable bonds is 6. The second kappa shape index (κ2) is 7.19. The summed E-state index contributed by atoms with van der Waals surface area (Å²) in [7, 11) is 0. The maximum absolute atomic E-state index is 11.9. The highest BCUT2D eigenvalue weighted by Gasteiger charge is 2.27. The maximum Gasteiger partial charge on any atom is 0.441 e.